The Balaban J connectivity index is 2.47. The Morgan fingerprint density at radius 3 is 2.00 bits per heavy atom. The quantitative estimate of drug-likeness (QED) is 0.798. The van der Waals surface area contributed by atoms with Crippen LogP contribution in [0, 0.1) is 0 Å². The molecule has 0 spiro atoms. The first-order valence-corrected chi connectivity index (χ1v) is 8.12. The van der Waals surface area contributed by atoms with E-state index in [2.05, 4.69) is 0 Å². The highest BCUT2D eigenvalue weighted by molar-refractivity contribution is 7.94. The minimum atomic E-state index is -5.28. The maximum Gasteiger partial charge on any atom is 0.417 e. The van der Waals surface area contributed by atoms with Gasteiger partial charge in [0.1, 0.15) is 4.21 Å². The van der Waals surface area contributed by atoms with Crippen LogP contribution in [0.25, 0.3) is 0 Å². The van der Waals surface area contributed by atoms with Gasteiger partial charge in [-0.05, 0) is 29.6 Å². The molecule has 0 aliphatic rings. The number of benzene rings is 1. The highest BCUT2D eigenvalue weighted by Crippen LogP contribution is 2.41. The van der Waals surface area contributed by atoms with Gasteiger partial charge in [0, 0.05) is 5.69 Å². The zero-order valence-corrected chi connectivity index (χ0v) is 12.5. The number of rotatable bonds is 3. The number of thiophene rings is 1. The third-order valence-corrected chi connectivity index (χ3v) is 5.42. The molecule has 3 nitrogen and oxygen atoms in total. The molecule has 1 aromatic carbocycles. The molecule has 0 fully saturated rings. The van der Waals surface area contributed by atoms with E-state index in [1.165, 1.54) is 17.5 Å². The number of hydrogen-bond acceptors (Lipinski definition) is 3. The molecule has 0 unspecified atom stereocenters. The molecule has 0 amide bonds. The second-order valence-electron chi connectivity index (χ2n) is 4.29. The highest BCUT2D eigenvalue weighted by Gasteiger charge is 2.43. The largest absolute Gasteiger partial charge is 0.417 e. The fourth-order valence-corrected chi connectivity index (χ4v) is 3.75. The van der Waals surface area contributed by atoms with E-state index in [0.29, 0.717) is 6.07 Å². The third kappa shape index (κ3) is 3.96. The number of anilines is 1. The summed E-state index contributed by atoms with van der Waals surface area (Å²) in [6.07, 6.45) is -10.5. The lowest BCUT2D eigenvalue weighted by Crippen LogP contribution is -2.18. The van der Waals surface area contributed by atoms with E-state index in [9.17, 15) is 34.8 Å². The van der Waals surface area contributed by atoms with Gasteiger partial charge < -0.3 is 0 Å². The number of sulfonamides is 1. The van der Waals surface area contributed by atoms with Crippen molar-refractivity contribution >= 4 is 27.0 Å². The van der Waals surface area contributed by atoms with Crippen molar-refractivity contribution in [3.63, 3.8) is 0 Å². The van der Waals surface area contributed by atoms with Crippen molar-refractivity contribution in [2.45, 2.75) is 16.6 Å². The Kier molecular flexibility index (Phi) is 4.37. The van der Waals surface area contributed by atoms with Crippen LogP contribution in [0.5, 0.6) is 0 Å². The van der Waals surface area contributed by atoms with Gasteiger partial charge in [0.05, 0.1) is 11.1 Å². The zero-order valence-electron chi connectivity index (χ0n) is 10.9. The van der Waals surface area contributed by atoms with Gasteiger partial charge in [0.2, 0.25) is 0 Å². The summed E-state index contributed by atoms with van der Waals surface area (Å²) in [4.78, 5) is 0. The second kappa shape index (κ2) is 5.71. The molecule has 2 rings (SSSR count). The molecule has 0 radical (unpaired) electrons. The summed E-state index contributed by atoms with van der Waals surface area (Å²) in [6.45, 7) is 0. The smallest absolute Gasteiger partial charge is 0.279 e. The van der Waals surface area contributed by atoms with Gasteiger partial charge in [0.25, 0.3) is 10.0 Å². The molecule has 1 heterocycles. The van der Waals surface area contributed by atoms with Crippen LogP contribution in [-0.4, -0.2) is 8.42 Å². The van der Waals surface area contributed by atoms with Gasteiger partial charge in [-0.15, -0.1) is 11.3 Å². The average molecular weight is 375 g/mol. The summed E-state index contributed by atoms with van der Waals surface area (Å²) in [5.74, 6) is 0. The summed E-state index contributed by atoms with van der Waals surface area (Å²) >= 11 is 0.814. The van der Waals surface area contributed by atoms with Crippen molar-refractivity contribution in [3.8, 4) is 0 Å². The molecule has 2 aromatic rings. The number of halogens is 6. The molecule has 23 heavy (non-hydrogen) atoms. The predicted molar refractivity (Wildman–Crippen MR) is 71.6 cm³/mol. The standard InChI is InChI=1S/C12H7F6NO2S2/c13-11(14,15)8-4-3-7(6-9(8)12(16,17)18)19-23(20,21)10-2-1-5-22-10/h1-6,19H. The lowest BCUT2D eigenvalue weighted by Gasteiger charge is -2.17. The SMILES string of the molecule is O=S(=O)(Nc1ccc(C(F)(F)F)c(C(F)(F)F)c1)c1cccs1. The van der Waals surface area contributed by atoms with Gasteiger partial charge in [-0.1, -0.05) is 6.07 Å². The second-order valence-corrected chi connectivity index (χ2v) is 7.15. The Labute approximate surface area is 130 Å². The van der Waals surface area contributed by atoms with Crippen LogP contribution in [0.2, 0.25) is 0 Å². The van der Waals surface area contributed by atoms with Crippen LogP contribution in [0.3, 0.4) is 0 Å². The fraction of sp³-hybridized carbons (Fsp3) is 0.167. The third-order valence-electron chi connectivity index (χ3n) is 2.64. The van der Waals surface area contributed by atoms with Crippen LogP contribution < -0.4 is 4.72 Å². The van der Waals surface area contributed by atoms with E-state index in [1.807, 2.05) is 4.72 Å². The molecule has 1 aromatic heterocycles. The van der Waals surface area contributed by atoms with Crippen LogP contribution >= 0.6 is 11.3 Å². The van der Waals surface area contributed by atoms with E-state index < -0.39 is 39.2 Å². The topological polar surface area (TPSA) is 46.2 Å². The van der Waals surface area contributed by atoms with Crippen LogP contribution in [-0.2, 0) is 22.4 Å². The molecular formula is C12H7F6NO2S2. The number of alkyl halides is 6. The maximum absolute atomic E-state index is 12.8. The molecule has 11 heteroatoms. The molecule has 0 bridgehead atoms. The van der Waals surface area contributed by atoms with E-state index in [0.717, 1.165) is 11.3 Å². The molecule has 0 atom stereocenters. The van der Waals surface area contributed by atoms with Gasteiger partial charge in [-0.3, -0.25) is 4.72 Å². The van der Waals surface area contributed by atoms with Crippen molar-refractivity contribution in [2.75, 3.05) is 4.72 Å². The maximum atomic E-state index is 12.8. The minimum Gasteiger partial charge on any atom is -0.279 e. The lowest BCUT2D eigenvalue weighted by molar-refractivity contribution is -0.162. The fourth-order valence-electron chi connectivity index (χ4n) is 1.71. The highest BCUT2D eigenvalue weighted by atomic mass is 32.2. The Hall–Kier alpha value is -1.75. The van der Waals surface area contributed by atoms with Gasteiger partial charge >= 0.3 is 12.4 Å². The van der Waals surface area contributed by atoms with E-state index in [-0.39, 0.29) is 16.3 Å². The normalized spacial score (nSPS) is 13.1. The van der Waals surface area contributed by atoms with Gasteiger partial charge in [-0.25, -0.2) is 8.42 Å². The van der Waals surface area contributed by atoms with Gasteiger partial charge in [0.15, 0.2) is 0 Å². The molecule has 0 aliphatic carbocycles. The zero-order chi connectivity index (χ0) is 17.5. The number of hydrogen-bond donors (Lipinski definition) is 1. The predicted octanol–water partition coefficient (Wildman–Crippen LogP) is 4.59. The van der Waals surface area contributed by atoms with Crippen LogP contribution in [0.15, 0.2) is 39.9 Å². The van der Waals surface area contributed by atoms with E-state index in [4.69, 9.17) is 0 Å². The Morgan fingerprint density at radius 2 is 1.52 bits per heavy atom. The van der Waals surface area contributed by atoms with Crippen LogP contribution in [0.4, 0.5) is 32.0 Å². The lowest BCUT2D eigenvalue weighted by atomic mass is 10.1. The van der Waals surface area contributed by atoms with Crippen molar-refractivity contribution in [1.29, 1.82) is 0 Å². The van der Waals surface area contributed by atoms with Crippen molar-refractivity contribution in [1.82, 2.24) is 0 Å². The van der Waals surface area contributed by atoms with E-state index in [1.54, 1.807) is 0 Å². The molecule has 126 valence electrons. The van der Waals surface area contributed by atoms with Crippen LogP contribution in [0.1, 0.15) is 11.1 Å². The summed E-state index contributed by atoms with van der Waals surface area (Å²) in [6, 6.07) is 3.56. The van der Waals surface area contributed by atoms with Crippen molar-refractivity contribution < 1.29 is 34.8 Å². The van der Waals surface area contributed by atoms with E-state index >= 15 is 0 Å². The van der Waals surface area contributed by atoms with Crippen molar-refractivity contribution in [2.24, 2.45) is 0 Å². The summed E-state index contributed by atoms with van der Waals surface area (Å²) < 4.78 is 102. The minimum absolute atomic E-state index is 0.119. The first-order valence-electron chi connectivity index (χ1n) is 5.76. The first kappa shape index (κ1) is 17.6. The average Bonchev–Trinajstić information content (AvgIpc) is 2.90. The van der Waals surface area contributed by atoms with Gasteiger partial charge in [-0.2, -0.15) is 26.3 Å². The summed E-state index contributed by atoms with van der Waals surface area (Å²) in [5, 5.41) is 1.43. The molecule has 0 saturated carbocycles. The monoisotopic (exact) mass is 375 g/mol. The first-order chi connectivity index (χ1) is 10.4. The molecule has 1 N–H and O–H groups in total. The summed E-state index contributed by atoms with van der Waals surface area (Å²) in [7, 11) is -4.16. The Morgan fingerprint density at radius 1 is 0.913 bits per heavy atom. The summed E-state index contributed by atoms with van der Waals surface area (Å²) in [5.41, 5.74) is -4.46. The number of nitrogens with one attached hydrogen (secondary N) is 1. The molecule has 0 saturated heterocycles. The van der Waals surface area contributed by atoms with Crippen molar-refractivity contribution in [3.05, 3.63) is 46.8 Å². The molecule has 0 aliphatic heterocycles. The Bertz CT molecular complexity index is 794. The molecular weight excluding hydrogens is 368 g/mol.